The van der Waals surface area contributed by atoms with Crippen molar-refractivity contribution in [2.24, 2.45) is 0 Å². The second kappa shape index (κ2) is 5.92. The largest absolute Gasteiger partial charge is 0.285 e. The molecule has 2 aromatic carbocycles. The third-order valence-electron chi connectivity index (χ3n) is 3.72. The van der Waals surface area contributed by atoms with Gasteiger partial charge in [0.2, 0.25) is 0 Å². The summed E-state index contributed by atoms with van der Waals surface area (Å²) >= 11 is 0. The SMILES string of the molecule is Cc1c(-c2ccccc2)n[nH]c1-c1ccc([N+](=O)[O-])cc1[N+](=O)[O-]. The van der Waals surface area contributed by atoms with Crippen molar-refractivity contribution in [2.45, 2.75) is 6.92 Å². The lowest BCUT2D eigenvalue weighted by molar-refractivity contribution is -0.393. The maximum atomic E-state index is 11.3. The molecule has 0 saturated carbocycles. The number of nitrogens with one attached hydrogen (secondary N) is 1. The van der Waals surface area contributed by atoms with Gasteiger partial charge >= 0.3 is 0 Å². The highest BCUT2D eigenvalue weighted by Crippen LogP contribution is 2.36. The average Bonchev–Trinajstić information content (AvgIpc) is 2.96. The summed E-state index contributed by atoms with van der Waals surface area (Å²) in [7, 11) is 0. The average molecular weight is 324 g/mol. The molecule has 0 aliphatic carbocycles. The summed E-state index contributed by atoms with van der Waals surface area (Å²) in [6.07, 6.45) is 0. The molecular formula is C16H12N4O4. The van der Waals surface area contributed by atoms with Crippen LogP contribution in [0.3, 0.4) is 0 Å². The fourth-order valence-electron chi connectivity index (χ4n) is 2.53. The number of aromatic nitrogens is 2. The Bertz CT molecular complexity index is 935. The van der Waals surface area contributed by atoms with Crippen LogP contribution in [0.4, 0.5) is 11.4 Å². The Morgan fingerprint density at radius 2 is 1.71 bits per heavy atom. The topological polar surface area (TPSA) is 115 Å². The molecule has 0 atom stereocenters. The van der Waals surface area contributed by atoms with Crippen molar-refractivity contribution in [1.29, 1.82) is 0 Å². The van der Waals surface area contributed by atoms with E-state index in [-0.39, 0.29) is 16.9 Å². The number of rotatable bonds is 4. The molecule has 1 heterocycles. The zero-order valence-corrected chi connectivity index (χ0v) is 12.6. The van der Waals surface area contributed by atoms with Crippen molar-refractivity contribution in [2.75, 3.05) is 0 Å². The minimum atomic E-state index is -0.661. The van der Waals surface area contributed by atoms with Gasteiger partial charge in [-0.15, -0.1) is 0 Å². The Balaban J connectivity index is 2.15. The zero-order chi connectivity index (χ0) is 17.3. The molecule has 3 rings (SSSR count). The van der Waals surface area contributed by atoms with E-state index in [9.17, 15) is 20.2 Å². The van der Waals surface area contributed by atoms with Crippen LogP contribution in [-0.4, -0.2) is 20.0 Å². The molecule has 0 bridgehead atoms. The second-order valence-electron chi connectivity index (χ2n) is 5.15. The molecule has 0 aliphatic rings. The number of aromatic amines is 1. The summed E-state index contributed by atoms with van der Waals surface area (Å²) in [5.41, 5.74) is 2.35. The fraction of sp³-hybridized carbons (Fsp3) is 0.0625. The molecule has 24 heavy (non-hydrogen) atoms. The van der Waals surface area contributed by atoms with Crippen molar-refractivity contribution in [3.8, 4) is 22.5 Å². The molecule has 120 valence electrons. The lowest BCUT2D eigenvalue weighted by Gasteiger charge is -2.03. The van der Waals surface area contributed by atoms with E-state index in [1.54, 1.807) is 6.92 Å². The molecule has 0 spiro atoms. The Morgan fingerprint density at radius 3 is 2.33 bits per heavy atom. The lowest BCUT2D eigenvalue weighted by Crippen LogP contribution is -1.96. The molecule has 0 aliphatic heterocycles. The zero-order valence-electron chi connectivity index (χ0n) is 12.6. The maximum absolute atomic E-state index is 11.3. The molecule has 1 N–H and O–H groups in total. The number of nitrogens with zero attached hydrogens (tertiary/aromatic N) is 3. The van der Waals surface area contributed by atoms with Gasteiger partial charge in [0, 0.05) is 17.2 Å². The number of non-ortho nitro benzene ring substituents is 1. The molecule has 3 aromatic rings. The van der Waals surface area contributed by atoms with E-state index in [0.29, 0.717) is 11.4 Å². The molecular weight excluding hydrogens is 312 g/mol. The first-order chi connectivity index (χ1) is 11.5. The summed E-state index contributed by atoms with van der Waals surface area (Å²) in [4.78, 5) is 20.9. The normalized spacial score (nSPS) is 10.5. The first kappa shape index (κ1) is 15.3. The smallest absolute Gasteiger partial charge is 0.277 e. The molecule has 0 saturated heterocycles. The van der Waals surface area contributed by atoms with Gasteiger partial charge in [-0.3, -0.25) is 25.3 Å². The highest BCUT2D eigenvalue weighted by Gasteiger charge is 2.24. The molecule has 8 heteroatoms. The van der Waals surface area contributed by atoms with Gasteiger partial charge in [-0.2, -0.15) is 5.10 Å². The van der Waals surface area contributed by atoms with Crippen LogP contribution in [0, 0.1) is 27.2 Å². The highest BCUT2D eigenvalue weighted by molar-refractivity contribution is 5.79. The second-order valence-corrected chi connectivity index (χ2v) is 5.15. The van der Waals surface area contributed by atoms with Crippen LogP contribution in [0.15, 0.2) is 48.5 Å². The molecule has 0 fully saturated rings. The van der Waals surface area contributed by atoms with Crippen LogP contribution >= 0.6 is 0 Å². The quantitative estimate of drug-likeness (QED) is 0.577. The predicted molar refractivity (Wildman–Crippen MR) is 87.5 cm³/mol. The predicted octanol–water partition coefficient (Wildman–Crippen LogP) is 3.87. The van der Waals surface area contributed by atoms with Crippen molar-refractivity contribution in [3.05, 3.63) is 74.3 Å². The minimum absolute atomic E-state index is 0.262. The van der Waals surface area contributed by atoms with Gasteiger partial charge in [-0.05, 0) is 13.0 Å². The van der Waals surface area contributed by atoms with E-state index in [2.05, 4.69) is 10.2 Å². The van der Waals surface area contributed by atoms with Crippen LogP contribution in [0.25, 0.3) is 22.5 Å². The Hall–Kier alpha value is -3.55. The van der Waals surface area contributed by atoms with Crippen LogP contribution in [0.1, 0.15) is 5.56 Å². The van der Waals surface area contributed by atoms with Gasteiger partial charge < -0.3 is 0 Å². The number of nitro groups is 2. The molecule has 8 nitrogen and oxygen atoms in total. The molecule has 0 amide bonds. The van der Waals surface area contributed by atoms with Crippen molar-refractivity contribution >= 4 is 11.4 Å². The van der Waals surface area contributed by atoms with E-state index in [1.165, 1.54) is 12.1 Å². The monoisotopic (exact) mass is 324 g/mol. The van der Waals surface area contributed by atoms with Gasteiger partial charge in [0.25, 0.3) is 11.4 Å². The van der Waals surface area contributed by atoms with Crippen LogP contribution in [-0.2, 0) is 0 Å². The Morgan fingerprint density at radius 1 is 1.00 bits per heavy atom. The van der Waals surface area contributed by atoms with Crippen molar-refractivity contribution < 1.29 is 9.85 Å². The Kier molecular flexibility index (Phi) is 3.78. The van der Waals surface area contributed by atoms with Gasteiger partial charge in [-0.25, -0.2) is 0 Å². The van der Waals surface area contributed by atoms with Gasteiger partial charge in [0.1, 0.15) is 0 Å². The summed E-state index contributed by atoms with van der Waals surface area (Å²) in [5, 5.41) is 29.2. The number of hydrogen-bond acceptors (Lipinski definition) is 5. The van der Waals surface area contributed by atoms with E-state index in [4.69, 9.17) is 0 Å². The van der Waals surface area contributed by atoms with E-state index in [1.807, 2.05) is 30.3 Å². The van der Waals surface area contributed by atoms with Gasteiger partial charge in [0.05, 0.1) is 32.9 Å². The number of H-pyrrole nitrogens is 1. The third-order valence-corrected chi connectivity index (χ3v) is 3.72. The summed E-state index contributed by atoms with van der Waals surface area (Å²) in [5.74, 6) is 0. The first-order valence-electron chi connectivity index (χ1n) is 7.02. The van der Waals surface area contributed by atoms with Crippen LogP contribution in [0.5, 0.6) is 0 Å². The summed E-state index contributed by atoms with van der Waals surface area (Å²) in [6.45, 7) is 1.80. The van der Waals surface area contributed by atoms with Gasteiger partial charge in [0.15, 0.2) is 0 Å². The van der Waals surface area contributed by atoms with Gasteiger partial charge in [-0.1, -0.05) is 30.3 Å². The molecule has 0 radical (unpaired) electrons. The summed E-state index contributed by atoms with van der Waals surface area (Å²) in [6, 6.07) is 13.0. The highest BCUT2D eigenvalue weighted by atomic mass is 16.6. The minimum Gasteiger partial charge on any atom is -0.277 e. The number of nitro benzene ring substituents is 2. The maximum Gasteiger partial charge on any atom is 0.285 e. The molecule has 1 aromatic heterocycles. The van der Waals surface area contributed by atoms with E-state index in [0.717, 1.165) is 17.2 Å². The lowest BCUT2D eigenvalue weighted by atomic mass is 10.0. The standard InChI is InChI=1S/C16H12N4O4/c1-10-15(11-5-3-2-4-6-11)17-18-16(10)13-8-7-12(19(21)22)9-14(13)20(23)24/h2-9H,1H3,(H,17,18). The first-order valence-corrected chi connectivity index (χ1v) is 7.02. The van der Waals surface area contributed by atoms with Crippen LogP contribution in [0.2, 0.25) is 0 Å². The van der Waals surface area contributed by atoms with Crippen molar-refractivity contribution in [1.82, 2.24) is 10.2 Å². The fourth-order valence-corrected chi connectivity index (χ4v) is 2.53. The number of benzene rings is 2. The summed E-state index contributed by atoms with van der Waals surface area (Å²) < 4.78 is 0. The Labute approximate surface area is 136 Å². The van der Waals surface area contributed by atoms with E-state index >= 15 is 0 Å². The van der Waals surface area contributed by atoms with Crippen molar-refractivity contribution in [3.63, 3.8) is 0 Å². The third kappa shape index (κ3) is 2.60. The molecule has 0 unspecified atom stereocenters. The van der Waals surface area contributed by atoms with Crippen LogP contribution < -0.4 is 0 Å². The number of hydrogen-bond donors (Lipinski definition) is 1. The van der Waals surface area contributed by atoms with E-state index < -0.39 is 9.85 Å².